The van der Waals surface area contributed by atoms with Gasteiger partial charge in [0.15, 0.2) is 0 Å². The molecule has 0 fully saturated rings. The van der Waals surface area contributed by atoms with Crippen LogP contribution in [-0.4, -0.2) is 9.97 Å². The normalized spacial score (nSPS) is 13.2. The molecular formula is C47H52N2O. The predicted octanol–water partition coefficient (Wildman–Crippen LogP) is 13.7. The largest absolute Gasteiger partial charge is 0.464 e. The zero-order valence-electron chi connectivity index (χ0n) is 32.0. The van der Waals surface area contributed by atoms with Crippen molar-refractivity contribution in [3.8, 4) is 33.5 Å². The highest BCUT2D eigenvalue weighted by atomic mass is 16.3. The third-order valence-corrected chi connectivity index (χ3v) is 10.3. The van der Waals surface area contributed by atoms with E-state index in [0.29, 0.717) is 0 Å². The molecule has 3 heteroatoms. The quantitative estimate of drug-likeness (QED) is 0.205. The number of pyridine rings is 1. The Bertz CT molecular complexity index is 2410. The van der Waals surface area contributed by atoms with Gasteiger partial charge in [0.2, 0.25) is 0 Å². The molecule has 0 atom stereocenters. The summed E-state index contributed by atoms with van der Waals surface area (Å²) in [6.45, 7) is 27.6. The van der Waals surface area contributed by atoms with Gasteiger partial charge in [-0.15, -0.1) is 0 Å². The van der Waals surface area contributed by atoms with Crippen LogP contribution in [0.1, 0.15) is 105 Å². The van der Waals surface area contributed by atoms with Gasteiger partial charge in [-0.3, -0.25) is 4.98 Å². The summed E-state index contributed by atoms with van der Waals surface area (Å²) in [6.07, 6.45) is 3.64. The highest BCUT2D eigenvalue weighted by Crippen LogP contribution is 2.42. The van der Waals surface area contributed by atoms with Gasteiger partial charge < -0.3 is 9.40 Å². The number of furan rings is 1. The molecule has 256 valence electrons. The Hall–Kier alpha value is -4.63. The monoisotopic (exact) mass is 660 g/mol. The highest BCUT2D eigenvalue weighted by Gasteiger charge is 2.24. The molecule has 0 bridgehead atoms. The number of hydrogen-bond acceptors (Lipinski definition) is 2. The number of aromatic amines is 1. The molecule has 0 aliphatic rings. The molecule has 7 aromatic rings. The lowest BCUT2D eigenvalue weighted by Crippen LogP contribution is -2.13. The summed E-state index contributed by atoms with van der Waals surface area (Å²) < 4.78 is 5.78. The average molecular weight is 661 g/mol. The van der Waals surface area contributed by atoms with Crippen molar-refractivity contribution in [3.05, 3.63) is 114 Å². The minimum atomic E-state index is -0.0517. The topological polar surface area (TPSA) is 41.8 Å². The van der Waals surface area contributed by atoms with Crippen molar-refractivity contribution in [1.82, 2.24) is 9.97 Å². The van der Waals surface area contributed by atoms with E-state index in [0.717, 1.165) is 22.2 Å². The van der Waals surface area contributed by atoms with Gasteiger partial charge in [-0.1, -0.05) is 107 Å². The lowest BCUT2D eigenvalue weighted by molar-refractivity contribution is 0.589. The predicted molar refractivity (Wildman–Crippen MR) is 214 cm³/mol. The molecule has 0 amide bonds. The van der Waals surface area contributed by atoms with Crippen molar-refractivity contribution in [2.75, 3.05) is 0 Å². The molecule has 50 heavy (non-hydrogen) atoms. The van der Waals surface area contributed by atoms with Crippen LogP contribution in [0.15, 0.2) is 95.7 Å². The zero-order chi connectivity index (χ0) is 36.0. The molecule has 0 unspecified atom stereocenters. The fourth-order valence-electron chi connectivity index (χ4n) is 6.90. The molecular weight excluding hydrogens is 609 g/mol. The number of hydrogen-bond donors (Lipinski definition) is 1. The number of benzene rings is 4. The Morgan fingerprint density at radius 2 is 1.04 bits per heavy atom. The van der Waals surface area contributed by atoms with Crippen LogP contribution in [0.2, 0.25) is 0 Å². The van der Waals surface area contributed by atoms with Gasteiger partial charge in [0, 0.05) is 45.1 Å². The first-order valence-electron chi connectivity index (χ1n) is 18.0. The van der Waals surface area contributed by atoms with E-state index in [1.165, 1.54) is 66.3 Å². The van der Waals surface area contributed by atoms with Crippen molar-refractivity contribution in [2.24, 2.45) is 0 Å². The molecule has 3 aromatic heterocycles. The van der Waals surface area contributed by atoms with Gasteiger partial charge in [-0.05, 0) is 109 Å². The Kier molecular flexibility index (Phi) is 7.75. The van der Waals surface area contributed by atoms with Crippen LogP contribution in [-0.2, 0) is 21.7 Å². The molecule has 3 nitrogen and oxygen atoms in total. The maximum atomic E-state index is 5.78. The minimum Gasteiger partial charge on any atom is -0.464 e. The number of H-pyrrole nitrogens is 1. The Morgan fingerprint density at radius 1 is 0.500 bits per heavy atom. The van der Waals surface area contributed by atoms with E-state index < -0.39 is 0 Å². The third-order valence-electron chi connectivity index (χ3n) is 10.3. The van der Waals surface area contributed by atoms with Crippen molar-refractivity contribution in [1.29, 1.82) is 0 Å². The summed E-state index contributed by atoms with van der Waals surface area (Å²) in [7, 11) is 0. The number of fused-ring (bicyclic) bond motifs is 4. The van der Waals surface area contributed by atoms with E-state index in [4.69, 9.17) is 9.40 Å². The van der Waals surface area contributed by atoms with Gasteiger partial charge in [-0.2, -0.15) is 0 Å². The van der Waals surface area contributed by atoms with Crippen molar-refractivity contribution >= 4 is 32.8 Å². The molecule has 7 rings (SSSR count). The molecule has 0 spiro atoms. The van der Waals surface area contributed by atoms with Gasteiger partial charge in [0.1, 0.15) is 5.58 Å². The second-order valence-corrected chi connectivity index (χ2v) is 18.5. The average Bonchev–Trinajstić information content (AvgIpc) is 3.66. The van der Waals surface area contributed by atoms with E-state index >= 15 is 0 Å². The molecule has 3 heterocycles. The summed E-state index contributed by atoms with van der Waals surface area (Å²) in [6, 6.07) is 30.0. The second kappa shape index (κ2) is 11.5. The van der Waals surface area contributed by atoms with Crippen LogP contribution in [0.25, 0.3) is 66.3 Å². The summed E-state index contributed by atoms with van der Waals surface area (Å²) in [5, 5.41) is 3.59. The van der Waals surface area contributed by atoms with Crippen molar-refractivity contribution < 1.29 is 4.42 Å². The van der Waals surface area contributed by atoms with Crippen LogP contribution >= 0.6 is 0 Å². The fourth-order valence-corrected chi connectivity index (χ4v) is 6.90. The smallest absolute Gasteiger partial charge is 0.137 e. The molecule has 4 aromatic carbocycles. The maximum absolute atomic E-state index is 5.78. The van der Waals surface area contributed by atoms with E-state index in [9.17, 15) is 0 Å². The number of aromatic nitrogens is 2. The summed E-state index contributed by atoms with van der Waals surface area (Å²) in [4.78, 5) is 8.75. The molecule has 0 saturated carbocycles. The Balaban J connectivity index is 1.51. The SMILES string of the molecule is CC(C)(C)c1cc(-c2cc(-c3cc(C(C)(C)C)cc4c3[nH]c3ccc(C(C)(C)C)cc34)cc(C(C)(C)C)c2)cc(-c2cc3occc3cn2)c1. The second-order valence-electron chi connectivity index (χ2n) is 18.5. The first-order valence-corrected chi connectivity index (χ1v) is 18.0. The Labute approximate surface area is 298 Å². The van der Waals surface area contributed by atoms with E-state index in [2.05, 4.69) is 161 Å². The Morgan fingerprint density at radius 3 is 1.66 bits per heavy atom. The third kappa shape index (κ3) is 6.28. The van der Waals surface area contributed by atoms with E-state index in [1.807, 2.05) is 12.3 Å². The molecule has 1 N–H and O–H groups in total. The number of nitrogens with one attached hydrogen (secondary N) is 1. The molecule has 0 radical (unpaired) electrons. The van der Waals surface area contributed by atoms with Gasteiger partial charge >= 0.3 is 0 Å². The van der Waals surface area contributed by atoms with Gasteiger partial charge in [0.05, 0.1) is 17.5 Å². The first kappa shape index (κ1) is 33.8. The van der Waals surface area contributed by atoms with Gasteiger partial charge in [-0.25, -0.2) is 0 Å². The standard InChI is InChI=1S/C47H52N2O/c1-44(2,3)33-13-14-40-38(23-33)39-25-36(47(10,11)12)24-37(43(39)49-40)31-17-29(19-34(21-31)45(4,5)6)30-18-32(22-35(20-30)46(7,8)9)41-26-42-28(27-48-41)15-16-50-42/h13-27,49H,1-12H3. The van der Waals surface area contributed by atoms with Crippen LogP contribution < -0.4 is 0 Å². The zero-order valence-corrected chi connectivity index (χ0v) is 32.0. The number of rotatable bonds is 3. The minimum absolute atomic E-state index is 0.0172. The lowest BCUT2D eigenvalue weighted by atomic mass is 9.80. The number of nitrogens with zero attached hydrogens (tertiary/aromatic N) is 1. The van der Waals surface area contributed by atoms with Gasteiger partial charge in [0.25, 0.3) is 0 Å². The molecule has 0 saturated heterocycles. The van der Waals surface area contributed by atoms with Crippen LogP contribution in [0.4, 0.5) is 0 Å². The summed E-state index contributed by atoms with van der Waals surface area (Å²) in [5.41, 5.74) is 15.3. The summed E-state index contributed by atoms with van der Waals surface area (Å²) >= 11 is 0. The van der Waals surface area contributed by atoms with Crippen molar-refractivity contribution in [3.63, 3.8) is 0 Å². The van der Waals surface area contributed by atoms with E-state index in [1.54, 1.807) is 6.26 Å². The van der Waals surface area contributed by atoms with Crippen LogP contribution in [0.3, 0.4) is 0 Å². The maximum Gasteiger partial charge on any atom is 0.137 e. The highest BCUT2D eigenvalue weighted by molar-refractivity contribution is 6.12. The van der Waals surface area contributed by atoms with Crippen LogP contribution in [0.5, 0.6) is 0 Å². The fraction of sp³-hybridized carbons (Fsp3) is 0.340. The lowest BCUT2D eigenvalue weighted by Gasteiger charge is -2.25. The molecule has 0 aliphatic carbocycles. The van der Waals surface area contributed by atoms with Crippen molar-refractivity contribution in [2.45, 2.75) is 105 Å². The van der Waals surface area contributed by atoms with Crippen LogP contribution in [0, 0.1) is 0 Å². The van der Waals surface area contributed by atoms with E-state index in [-0.39, 0.29) is 21.7 Å². The summed E-state index contributed by atoms with van der Waals surface area (Å²) in [5.74, 6) is 0. The molecule has 0 aliphatic heterocycles. The first-order chi connectivity index (χ1) is 23.3.